The molecule has 25 heavy (non-hydrogen) atoms. The maximum atomic E-state index is 12.8. The number of fused-ring (bicyclic) bond motifs is 1. The predicted molar refractivity (Wildman–Crippen MR) is 91.4 cm³/mol. The molecule has 2 fully saturated rings. The number of aromatic nitrogens is 1. The number of ether oxygens (including phenoxy) is 2. The summed E-state index contributed by atoms with van der Waals surface area (Å²) in [5, 5.41) is 0. The molecule has 0 aromatic carbocycles. The van der Waals surface area contributed by atoms with Gasteiger partial charge in [0.15, 0.2) is 0 Å². The number of pyridine rings is 1. The van der Waals surface area contributed by atoms with Crippen molar-refractivity contribution in [3.05, 3.63) is 23.9 Å². The van der Waals surface area contributed by atoms with Crippen molar-refractivity contribution >= 4 is 11.8 Å². The summed E-state index contributed by atoms with van der Waals surface area (Å²) in [7, 11) is 3.24. The van der Waals surface area contributed by atoms with E-state index in [0.29, 0.717) is 44.2 Å². The van der Waals surface area contributed by atoms with Crippen molar-refractivity contribution in [1.82, 2.24) is 14.8 Å². The number of carbonyl (C=O) groups excluding carboxylic acids is 2. The molecule has 1 aromatic heterocycles. The van der Waals surface area contributed by atoms with Gasteiger partial charge in [-0.2, -0.15) is 0 Å². The zero-order valence-corrected chi connectivity index (χ0v) is 15.0. The van der Waals surface area contributed by atoms with Gasteiger partial charge in [-0.05, 0) is 12.5 Å². The molecule has 0 unspecified atom stereocenters. The van der Waals surface area contributed by atoms with Crippen molar-refractivity contribution in [2.45, 2.75) is 13.3 Å². The normalized spacial score (nSPS) is 25.6. The van der Waals surface area contributed by atoms with Crippen LogP contribution in [0.4, 0.5) is 0 Å². The lowest BCUT2D eigenvalue weighted by atomic mass is 9.73. The number of likely N-dealkylation sites (tertiary alicyclic amines) is 2. The fourth-order valence-corrected chi connectivity index (χ4v) is 4.04. The Morgan fingerprint density at radius 3 is 2.64 bits per heavy atom. The van der Waals surface area contributed by atoms with Gasteiger partial charge in [0.1, 0.15) is 0 Å². The molecule has 3 heterocycles. The summed E-state index contributed by atoms with van der Waals surface area (Å²) in [5.74, 6) is 0.784. The minimum atomic E-state index is -0.0463. The van der Waals surface area contributed by atoms with Gasteiger partial charge in [0.2, 0.25) is 11.8 Å². The van der Waals surface area contributed by atoms with Gasteiger partial charge in [-0.1, -0.05) is 0 Å². The smallest absolute Gasteiger partial charge is 0.255 e. The first-order valence-electron chi connectivity index (χ1n) is 8.53. The number of carbonyl (C=O) groups is 2. The Morgan fingerprint density at radius 1 is 1.28 bits per heavy atom. The third kappa shape index (κ3) is 3.33. The largest absolute Gasteiger partial charge is 0.481 e. The molecule has 3 rings (SSSR count). The Balaban J connectivity index is 1.74. The minimum absolute atomic E-state index is 0.0255. The summed E-state index contributed by atoms with van der Waals surface area (Å²) >= 11 is 0. The Labute approximate surface area is 147 Å². The average molecular weight is 347 g/mol. The molecule has 2 atom stereocenters. The van der Waals surface area contributed by atoms with Gasteiger partial charge in [0, 0.05) is 63.8 Å². The predicted octanol–water partition coefficient (Wildman–Crippen LogP) is 1.05. The zero-order valence-electron chi connectivity index (χ0n) is 15.0. The van der Waals surface area contributed by atoms with Crippen molar-refractivity contribution in [3.8, 4) is 5.88 Å². The highest BCUT2D eigenvalue weighted by Gasteiger charge is 2.50. The van der Waals surface area contributed by atoms with Crippen molar-refractivity contribution in [1.29, 1.82) is 0 Å². The van der Waals surface area contributed by atoms with E-state index >= 15 is 0 Å². The molecule has 0 bridgehead atoms. The van der Waals surface area contributed by atoms with Crippen LogP contribution in [-0.4, -0.2) is 73.6 Å². The molecule has 2 aliphatic rings. The van der Waals surface area contributed by atoms with E-state index in [9.17, 15) is 9.59 Å². The Morgan fingerprint density at radius 2 is 2.04 bits per heavy atom. The molecule has 0 radical (unpaired) electrons. The molecule has 2 aliphatic heterocycles. The topological polar surface area (TPSA) is 72.0 Å². The first-order valence-corrected chi connectivity index (χ1v) is 8.53. The molecule has 2 amide bonds. The fraction of sp³-hybridized carbons (Fsp3) is 0.611. The van der Waals surface area contributed by atoms with Crippen molar-refractivity contribution in [2.24, 2.45) is 11.3 Å². The molecule has 136 valence electrons. The fourth-order valence-electron chi connectivity index (χ4n) is 4.04. The maximum Gasteiger partial charge on any atom is 0.255 e. The molecule has 0 spiro atoms. The molecule has 0 aliphatic carbocycles. The van der Waals surface area contributed by atoms with Gasteiger partial charge in [0.25, 0.3) is 5.91 Å². The quantitative estimate of drug-likeness (QED) is 0.814. The van der Waals surface area contributed by atoms with Crippen LogP contribution in [0.15, 0.2) is 18.3 Å². The standard InChI is InChI=1S/C18H25N3O4/c1-13(22)21-10-15-9-20(7-6-18(15,11-21)12-24-2)17(23)14-4-5-16(25-3)19-8-14/h4-5,8,15H,6-7,9-12H2,1-3H3/t15-,18+/m1/s1. The summed E-state index contributed by atoms with van der Waals surface area (Å²) in [6.07, 6.45) is 2.39. The van der Waals surface area contributed by atoms with Crippen molar-refractivity contribution in [3.63, 3.8) is 0 Å². The lowest BCUT2D eigenvalue weighted by Crippen LogP contribution is -2.50. The zero-order chi connectivity index (χ0) is 18.0. The number of methoxy groups -OCH3 is 2. The third-order valence-corrected chi connectivity index (χ3v) is 5.49. The number of rotatable bonds is 4. The second kappa shape index (κ2) is 7.00. The molecule has 2 saturated heterocycles. The summed E-state index contributed by atoms with van der Waals surface area (Å²) in [5.41, 5.74) is 0.511. The lowest BCUT2D eigenvalue weighted by Gasteiger charge is -2.42. The summed E-state index contributed by atoms with van der Waals surface area (Å²) in [4.78, 5) is 32.5. The Hall–Kier alpha value is -2.15. The monoisotopic (exact) mass is 347 g/mol. The number of hydrogen-bond acceptors (Lipinski definition) is 5. The summed E-state index contributed by atoms with van der Waals surface area (Å²) in [6, 6.07) is 3.43. The second-order valence-electron chi connectivity index (χ2n) is 6.98. The van der Waals surface area contributed by atoms with Crippen LogP contribution < -0.4 is 4.74 Å². The highest BCUT2D eigenvalue weighted by atomic mass is 16.5. The van der Waals surface area contributed by atoms with E-state index in [1.54, 1.807) is 39.5 Å². The van der Waals surface area contributed by atoms with Crippen LogP contribution in [0.5, 0.6) is 5.88 Å². The van der Waals surface area contributed by atoms with Crippen LogP contribution >= 0.6 is 0 Å². The van der Waals surface area contributed by atoms with Crippen LogP contribution in [0.1, 0.15) is 23.7 Å². The van der Waals surface area contributed by atoms with E-state index in [-0.39, 0.29) is 23.1 Å². The van der Waals surface area contributed by atoms with Gasteiger partial charge in [-0.25, -0.2) is 4.98 Å². The van der Waals surface area contributed by atoms with Gasteiger partial charge in [-0.15, -0.1) is 0 Å². The second-order valence-corrected chi connectivity index (χ2v) is 6.98. The maximum absolute atomic E-state index is 12.8. The molecule has 0 N–H and O–H groups in total. The van der Waals surface area contributed by atoms with Gasteiger partial charge < -0.3 is 19.3 Å². The number of nitrogens with zero attached hydrogens (tertiary/aromatic N) is 3. The molecular formula is C18H25N3O4. The average Bonchev–Trinajstić information content (AvgIpc) is 3.00. The van der Waals surface area contributed by atoms with Gasteiger partial charge in [-0.3, -0.25) is 9.59 Å². The number of piperidine rings is 1. The van der Waals surface area contributed by atoms with E-state index in [4.69, 9.17) is 9.47 Å². The first-order chi connectivity index (χ1) is 12.0. The molecule has 7 heteroatoms. The Kier molecular flexibility index (Phi) is 4.94. The lowest BCUT2D eigenvalue weighted by molar-refractivity contribution is -0.128. The van der Waals surface area contributed by atoms with Gasteiger partial charge in [0.05, 0.1) is 19.3 Å². The molecule has 7 nitrogen and oxygen atoms in total. The van der Waals surface area contributed by atoms with Crippen LogP contribution in [0.25, 0.3) is 0 Å². The van der Waals surface area contributed by atoms with Crippen LogP contribution in [0, 0.1) is 11.3 Å². The van der Waals surface area contributed by atoms with E-state index < -0.39 is 0 Å². The first kappa shape index (κ1) is 17.7. The summed E-state index contributed by atoms with van der Waals surface area (Å²) < 4.78 is 10.5. The molecule has 1 aromatic rings. The van der Waals surface area contributed by atoms with E-state index in [1.165, 1.54) is 0 Å². The van der Waals surface area contributed by atoms with Crippen LogP contribution in [0.3, 0.4) is 0 Å². The Bertz CT molecular complexity index is 648. The number of amides is 2. The minimum Gasteiger partial charge on any atom is -0.481 e. The van der Waals surface area contributed by atoms with E-state index in [1.807, 2.05) is 9.80 Å². The van der Waals surface area contributed by atoms with Crippen molar-refractivity contribution in [2.75, 3.05) is 47.0 Å². The molecule has 0 saturated carbocycles. The van der Waals surface area contributed by atoms with Gasteiger partial charge >= 0.3 is 0 Å². The SMILES string of the molecule is COC[C@@]12CCN(C(=O)c3ccc(OC)nc3)C[C@@H]1CN(C(C)=O)C2. The molecular weight excluding hydrogens is 322 g/mol. The highest BCUT2D eigenvalue weighted by molar-refractivity contribution is 5.94. The summed E-state index contributed by atoms with van der Waals surface area (Å²) in [6.45, 7) is 4.92. The number of hydrogen-bond donors (Lipinski definition) is 0. The highest BCUT2D eigenvalue weighted by Crippen LogP contribution is 2.43. The third-order valence-electron chi connectivity index (χ3n) is 5.49. The van der Waals surface area contributed by atoms with Crippen LogP contribution in [-0.2, 0) is 9.53 Å². The van der Waals surface area contributed by atoms with Crippen LogP contribution in [0.2, 0.25) is 0 Å². The van der Waals surface area contributed by atoms with E-state index in [0.717, 1.165) is 6.42 Å². The van der Waals surface area contributed by atoms with E-state index in [2.05, 4.69) is 4.98 Å². The van der Waals surface area contributed by atoms with Crippen molar-refractivity contribution < 1.29 is 19.1 Å².